The van der Waals surface area contributed by atoms with Crippen LogP contribution in [0.15, 0.2) is 16.3 Å². The van der Waals surface area contributed by atoms with Gasteiger partial charge < -0.3 is 0 Å². The number of rotatable bonds is 7. The van der Waals surface area contributed by atoms with Gasteiger partial charge in [0.25, 0.3) is 10.0 Å². The van der Waals surface area contributed by atoms with Crippen LogP contribution in [-0.2, 0) is 16.4 Å². The maximum absolute atomic E-state index is 12.3. The molecule has 0 radical (unpaired) electrons. The lowest BCUT2D eigenvalue weighted by Gasteiger charge is -2.16. The summed E-state index contributed by atoms with van der Waals surface area (Å²) in [5, 5.41) is 0. The van der Waals surface area contributed by atoms with E-state index in [0.29, 0.717) is 22.6 Å². The molecule has 0 saturated carbocycles. The molecule has 0 atom stereocenters. The van der Waals surface area contributed by atoms with Crippen LogP contribution in [0.4, 0.5) is 0 Å². The number of alkyl halides is 1. The van der Waals surface area contributed by atoms with E-state index in [9.17, 15) is 8.42 Å². The van der Waals surface area contributed by atoms with Crippen molar-refractivity contribution < 1.29 is 8.42 Å². The van der Waals surface area contributed by atoms with Crippen LogP contribution >= 0.6 is 22.9 Å². The van der Waals surface area contributed by atoms with E-state index in [2.05, 4.69) is 13.8 Å². The Labute approximate surface area is 119 Å². The van der Waals surface area contributed by atoms with Crippen LogP contribution in [0.3, 0.4) is 0 Å². The fourth-order valence-corrected chi connectivity index (χ4v) is 4.51. The van der Waals surface area contributed by atoms with Crippen molar-refractivity contribution in [2.24, 2.45) is 5.92 Å². The zero-order valence-corrected chi connectivity index (χ0v) is 13.4. The fraction of sp³-hybridized carbons (Fsp3) is 0.667. The van der Waals surface area contributed by atoms with Crippen LogP contribution in [0.2, 0.25) is 0 Å². The predicted octanol–water partition coefficient (Wildman–Crippen LogP) is 3.20. The molecule has 0 aliphatic carbocycles. The van der Waals surface area contributed by atoms with Crippen LogP contribution < -0.4 is 0 Å². The van der Waals surface area contributed by atoms with Crippen molar-refractivity contribution in [3.05, 3.63) is 17.0 Å². The summed E-state index contributed by atoms with van der Waals surface area (Å²) >= 11 is 6.97. The molecule has 0 aliphatic heterocycles. The Bertz CT molecular complexity index is 468. The van der Waals surface area contributed by atoms with Crippen LogP contribution in [0.5, 0.6) is 0 Å². The summed E-state index contributed by atoms with van der Waals surface area (Å²) in [6.07, 6.45) is 1.59. The molecule has 0 saturated heterocycles. The third-order valence-electron chi connectivity index (χ3n) is 2.66. The minimum absolute atomic E-state index is 0.411. The Hall–Kier alpha value is -0.100. The molecule has 0 bridgehead atoms. The van der Waals surface area contributed by atoms with Gasteiger partial charge in [0.2, 0.25) is 0 Å². The van der Waals surface area contributed by atoms with Crippen molar-refractivity contribution in [1.29, 1.82) is 0 Å². The lowest BCUT2D eigenvalue weighted by molar-refractivity contribution is 0.429. The van der Waals surface area contributed by atoms with Crippen molar-refractivity contribution >= 4 is 33.0 Å². The van der Waals surface area contributed by atoms with Gasteiger partial charge in [0.05, 0.1) is 0 Å². The third-order valence-corrected chi connectivity index (χ3v) is 6.32. The van der Waals surface area contributed by atoms with Gasteiger partial charge in [-0.2, -0.15) is 0 Å². The average Bonchev–Trinajstić information content (AvgIpc) is 2.75. The first-order valence-electron chi connectivity index (χ1n) is 5.99. The van der Waals surface area contributed by atoms with Crippen molar-refractivity contribution in [1.82, 2.24) is 4.31 Å². The smallest absolute Gasteiger partial charge is 0.206 e. The molecule has 0 amide bonds. The van der Waals surface area contributed by atoms with Gasteiger partial charge in [0.1, 0.15) is 4.21 Å². The highest BCUT2D eigenvalue weighted by Crippen LogP contribution is 2.25. The van der Waals surface area contributed by atoms with E-state index >= 15 is 0 Å². The minimum Gasteiger partial charge on any atom is -0.206 e. The molecule has 18 heavy (non-hydrogen) atoms. The first kappa shape index (κ1) is 16.0. The molecular formula is C12H20ClNO2S2. The average molecular weight is 310 g/mol. The number of sulfonamides is 1. The van der Waals surface area contributed by atoms with Crippen molar-refractivity contribution in [3.63, 3.8) is 0 Å². The van der Waals surface area contributed by atoms with Crippen molar-refractivity contribution in [2.75, 3.05) is 19.5 Å². The number of nitrogens with zero attached hydrogens (tertiary/aromatic N) is 1. The second-order valence-electron chi connectivity index (χ2n) is 4.67. The van der Waals surface area contributed by atoms with E-state index in [-0.39, 0.29) is 0 Å². The van der Waals surface area contributed by atoms with Crippen molar-refractivity contribution in [3.8, 4) is 0 Å². The summed E-state index contributed by atoms with van der Waals surface area (Å²) in [6.45, 7) is 4.73. The summed E-state index contributed by atoms with van der Waals surface area (Å²) in [6, 6.07) is 3.52. The summed E-state index contributed by atoms with van der Waals surface area (Å²) in [5.74, 6) is 1.02. The van der Waals surface area contributed by atoms with E-state index in [1.165, 1.54) is 15.6 Å². The lowest BCUT2D eigenvalue weighted by Crippen LogP contribution is -2.28. The van der Waals surface area contributed by atoms with Crippen LogP contribution in [0.1, 0.15) is 25.1 Å². The van der Waals surface area contributed by atoms with Gasteiger partial charge in [-0.3, -0.25) is 0 Å². The number of hydrogen-bond donors (Lipinski definition) is 0. The molecule has 104 valence electrons. The number of thiophene rings is 1. The van der Waals surface area contributed by atoms with Crippen LogP contribution in [-0.4, -0.2) is 32.2 Å². The maximum atomic E-state index is 12.3. The lowest BCUT2D eigenvalue weighted by atomic mass is 10.1. The second kappa shape index (κ2) is 6.89. The molecule has 0 unspecified atom stereocenters. The first-order valence-corrected chi connectivity index (χ1v) is 8.78. The highest BCUT2D eigenvalue weighted by atomic mass is 35.5. The number of aryl methyl sites for hydroxylation is 1. The molecule has 0 spiro atoms. The Morgan fingerprint density at radius 2 is 2.06 bits per heavy atom. The van der Waals surface area contributed by atoms with Gasteiger partial charge >= 0.3 is 0 Å². The molecule has 1 heterocycles. The van der Waals surface area contributed by atoms with E-state index in [1.807, 2.05) is 6.07 Å². The molecule has 1 aromatic rings. The topological polar surface area (TPSA) is 37.4 Å². The summed E-state index contributed by atoms with van der Waals surface area (Å²) in [4.78, 5) is 1.01. The number of halogens is 1. The molecule has 0 aliphatic rings. The molecule has 0 fully saturated rings. The second-order valence-corrected chi connectivity index (χ2v) is 8.49. The van der Waals surface area contributed by atoms with Crippen LogP contribution in [0, 0.1) is 5.92 Å². The standard InChI is InChI=1S/C12H20ClNO2S2/c1-10(2)7-9-14(3)18(15,16)12-5-4-11(17-12)6-8-13/h4-5,10H,6-9H2,1-3H3. The van der Waals surface area contributed by atoms with E-state index in [1.54, 1.807) is 13.1 Å². The Morgan fingerprint density at radius 1 is 1.39 bits per heavy atom. The summed E-state index contributed by atoms with van der Waals surface area (Å²) in [7, 11) is -1.69. The molecule has 1 aromatic heterocycles. The first-order chi connectivity index (χ1) is 8.37. The number of hydrogen-bond acceptors (Lipinski definition) is 3. The van der Waals surface area contributed by atoms with Crippen LogP contribution in [0.25, 0.3) is 0 Å². The Balaban J connectivity index is 2.77. The molecule has 0 N–H and O–H groups in total. The maximum Gasteiger partial charge on any atom is 0.252 e. The quantitative estimate of drug-likeness (QED) is 0.725. The molecule has 3 nitrogen and oxygen atoms in total. The highest BCUT2D eigenvalue weighted by Gasteiger charge is 2.22. The van der Waals surface area contributed by atoms with E-state index < -0.39 is 10.0 Å². The molecule has 1 rings (SSSR count). The summed E-state index contributed by atoms with van der Waals surface area (Å²) < 4.78 is 26.4. The molecule has 0 aromatic carbocycles. The highest BCUT2D eigenvalue weighted by molar-refractivity contribution is 7.91. The van der Waals surface area contributed by atoms with Gasteiger partial charge in [0.15, 0.2) is 0 Å². The summed E-state index contributed by atoms with van der Waals surface area (Å²) in [5.41, 5.74) is 0. The fourth-order valence-electron chi connectivity index (χ4n) is 1.44. The van der Waals surface area contributed by atoms with Gasteiger partial charge in [-0.15, -0.1) is 22.9 Å². The predicted molar refractivity (Wildman–Crippen MR) is 78.0 cm³/mol. The molecular weight excluding hydrogens is 290 g/mol. The third kappa shape index (κ3) is 4.23. The van der Waals surface area contributed by atoms with Gasteiger partial charge in [0, 0.05) is 24.3 Å². The zero-order valence-electron chi connectivity index (χ0n) is 11.0. The SMILES string of the molecule is CC(C)CCN(C)S(=O)(=O)c1ccc(CCCl)s1. The van der Waals surface area contributed by atoms with Gasteiger partial charge in [-0.1, -0.05) is 13.8 Å². The van der Waals surface area contributed by atoms with Gasteiger partial charge in [-0.05, 0) is 30.9 Å². The normalized spacial score (nSPS) is 12.6. The van der Waals surface area contributed by atoms with E-state index in [4.69, 9.17) is 11.6 Å². The van der Waals surface area contributed by atoms with Gasteiger partial charge in [-0.25, -0.2) is 12.7 Å². The zero-order chi connectivity index (χ0) is 13.8. The Kier molecular flexibility index (Phi) is 6.11. The minimum atomic E-state index is -3.32. The molecule has 6 heteroatoms. The largest absolute Gasteiger partial charge is 0.252 e. The van der Waals surface area contributed by atoms with Crippen molar-refractivity contribution in [2.45, 2.75) is 30.9 Å². The van der Waals surface area contributed by atoms with E-state index in [0.717, 1.165) is 17.7 Å². The Morgan fingerprint density at radius 3 is 2.61 bits per heavy atom. The monoisotopic (exact) mass is 309 g/mol.